The van der Waals surface area contributed by atoms with Crippen molar-refractivity contribution >= 4 is 35.0 Å². The Balaban J connectivity index is 1.33. The maximum atomic E-state index is 13.7. The second-order valence-corrected chi connectivity index (χ2v) is 10.4. The monoisotopic (exact) mass is 574 g/mol. The number of carbonyl (C=O) groups excluding carboxylic acids is 2. The molecule has 8 heteroatoms. The van der Waals surface area contributed by atoms with E-state index in [9.17, 15) is 9.59 Å². The zero-order chi connectivity index (χ0) is 28.1. The number of methoxy groups -OCH3 is 1. The van der Waals surface area contributed by atoms with Crippen LogP contribution in [0, 0.1) is 0 Å². The number of halogens is 2. The number of hydrogen-bond donors (Lipinski definition) is 0. The minimum atomic E-state index is -0.351. The predicted molar refractivity (Wildman–Crippen MR) is 157 cm³/mol. The lowest BCUT2D eigenvalue weighted by Crippen LogP contribution is -2.46. The van der Waals surface area contributed by atoms with Crippen molar-refractivity contribution in [3.05, 3.63) is 124 Å². The van der Waals surface area contributed by atoms with E-state index in [0.29, 0.717) is 57.9 Å². The fraction of sp³-hybridized carbons (Fsp3) is 0.188. The van der Waals surface area contributed by atoms with Crippen LogP contribution in [0.3, 0.4) is 0 Å². The molecule has 6 nitrogen and oxygen atoms in total. The molecule has 0 bridgehead atoms. The van der Waals surface area contributed by atoms with E-state index in [2.05, 4.69) is 4.90 Å². The maximum Gasteiger partial charge on any atom is 0.261 e. The summed E-state index contributed by atoms with van der Waals surface area (Å²) < 4.78 is 11.5. The Bertz CT molecular complexity index is 1430. The number of amides is 2. The highest BCUT2D eigenvalue weighted by Crippen LogP contribution is 2.32. The summed E-state index contributed by atoms with van der Waals surface area (Å²) in [7, 11) is 1.61. The highest BCUT2D eigenvalue weighted by Gasteiger charge is 2.36. The molecule has 0 radical (unpaired) electrons. The molecule has 5 rings (SSSR count). The molecule has 0 N–H and O–H groups in total. The molecule has 4 aromatic rings. The number of benzene rings is 4. The van der Waals surface area contributed by atoms with Gasteiger partial charge in [-0.05, 0) is 84.8 Å². The molecule has 2 amide bonds. The van der Waals surface area contributed by atoms with Crippen molar-refractivity contribution in [3.8, 4) is 17.2 Å². The Morgan fingerprint density at radius 1 is 0.825 bits per heavy atom. The predicted octanol–water partition coefficient (Wildman–Crippen LogP) is 7.35. The Labute approximate surface area is 243 Å². The van der Waals surface area contributed by atoms with Crippen molar-refractivity contribution in [2.75, 3.05) is 20.2 Å². The van der Waals surface area contributed by atoms with Gasteiger partial charge < -0.3 is 9.47 Å². The molecule has 1 saturated heterocycles. The van der Waals surface area contributed by atoms with Crippen molar-refractivity contribution < 1.29 is 19.1 Å². The van der Waals surface area contributed by atoms with Gasteiger partial charge in [0.05, 0.1) is 13.2 Å². The van der Waals surface area contributed by atoms with Gasteiger partial charge in [0.25, 0.3) is 11.8 Å². The molecule has 1 unspecified atom stereocenters. The van der Waals surface area contributed by atoms with Crippen LogP contribution in [-0.2, 0) is 6.54 Å². The van der Waals surface area contributed by atoms with Gasteiger partial charge in [-0.25, -0.2) is 0 Å². The van der Waals surface area contributed by atoms with Gasteiger partial charge in [0.2, 0.25) is 0 Å². The molecule has 1 atom stereocenters. The van der Waals surface area contributed by atoms with E-state index in [1.165, 1.54) is 4.90 Å². The van der Waals surface area contributed by atoms with Gasteiger partial charge >= 0.3 is 0 Å². The average Bonchev–Trinajstić information content (AvgIpc) is 3.42. The normalized spacial score (nSPS) is 15.0. The van der Waals surface area contributed by atoms with E-state index in [1.807, 2.05) is 48.5 Å². The first-order chi connectivity index (χ1) is 19.4. The third-order valence-corrected chi connectivity index (χ3v) is 7.34. The molecule has 0 aliphatic carbocycles. The number of rotatable bonds is 8. The van der Waals surface area contributed by atoms with Crippen LogP contribution in [0.1, 0.15) is 32.7 Å². The van der Waals surface area contributed by atoms with E-state index >= 15 is 0 Å². The number of hydrogen-bond acceptors (Lipinski definition) is 5. The first-order valence-corrected chi connectivity index (χ1v) is 13.7. The topological polar surface area (TPSA) is 59.1 Å². The summed E-state index contributed by atoms with van der Waals surface area (Å²) in [5.41, 5.74) is 1.88. The zero-order valence-corrected chi connectivity index (χ0v) is 23.4. The summed E-state index contributed by atoms with van der Waals surface area (Å²) in [6, 6.07) is 28.3. The van der Waals surface area contributed by atoms with E-state index in [1.54, 1.807) is 55.6 Å². The van der Waals surface area contributed by atoms with Crippen molar-refractivity contribution in [2.24, 2.45) is 0 Å². The minimum absolute atomic E-state index is 0.292. The second-order valence-electron chi connectivity index (χ2n) is 9.57. The third kappa shape index (κ3) is 6.48. The largest absolute Gasteiger partial charge is 0.493 e. The Hall–Kier alpha value is -3.84. The molecule has 1 aliphatic heterocycles. The number of ether oxygens (including phenoxy) is 2. The maximum absolute atomic E-state index is 13.7. The first kappa shape index (κ1) is 27.7. The quantitative estimate of drug-likeness (QED) is 0.206. The van der Waals surface area contributed by atoms with Crippen molar-refractivity contribution in [1.82, 2.24) is 9.80 Å². The average molecular weight is 575 g/mol. The molecule has 0 aromatic heterocycles. The summed E-state index contributed by atoms with van der Waals surface area (Å²) in [6.45, 7) is 1.94. The molecule has 0 spiro atoms. The van der Waals surface area contributed by atoms with Crippen LogP contribution in [0.2, 0.25) is 10.0 Å². The Morgan fingerprint density at radius 2 is 1.43 bits per heavy atom. The summed E-state index contributed by atoms with van der Waals surface area (Å²) in [5, 5.41) is 1.05. The summed E-state index contributed by atoms with van der Waals surface area (Å²) >= 11 is 12.1. The van der Waals surface area contributed by atoms with Crippen LogP contribution >= 0.6 is 23.2 Å². The van der Waals surface area contributed by atoms with E-state index < -0.39 is 0 Å². The van der Waals surface area contributed by atoms with Crippen molar-refractivity contribution in [3.63, 3.8) is 0 Å². The highest BCUT2D eigenvalue weighted by atomic mass is 35.5. The lowest BCUT2D eigenvalue weighted by Gasteiger charge is -2.28. The smallest absolute Gasteiger partial charge is 0.261 e. The van der Waals surface area contributed by atoms with Crippen LogP contribution < -0.4 is 9.47 Å². The van der Waals surface area contributed by atoms with Gasteiger partial charge in [-0.2, -0.15) is 0 Å². The number of imide groups is 1. The fourth-order valence-electron chi connectivity index (χ4n) is 4.85. The van der Waals surface area contributed by atoms with Gasteiger partial charge in [0.15, 0.2) is 11.5 Å². The molecule has 0 saturated carbocycles. The highest BCUT2D eigenvalue weighted by molar-refractivity contribution is 6.31. The molecule has 1 fully saturated rings. The van der Waals surface area contributed by atoms with E-state index in [0.717, 1.165) is 12.1 Å². The van der Waals surface area contributed by atoms with Crippen LogP contribution in [0.5, 0.6) is 17.2 Å². The lowest BCUT2D eigenvalue weighted by atomic mass is 10.1. The lowest BCUT2D eigenvalue weighted by molar-refractivity contribution is 0.0548. The molecule has 40 heavy (non-hydrogen) atoms. The van der Waals surface area contributed by atoms with Crippen LogP contribution in [0.15, 0.2) is 97.1 Å². The van der Waals surface area contributed by atoms with Gasteiger partial charge in [-0.3, -0.25) is 19.4 Å². The molecule has 4 aromatic carbocycles. The summed E-state index contributed by atoms with van der Waals surface area (Å²) in [4.78, 5) is 30.9. The second kappa shape index (κ2) is 12.6. The number of likely N-dealkylation sites (tertiary alicyclic amines) is 1. The number of nitrogens with zero attached hydrogens (tertiary/aromatic N) is 2. The molecule has 1 heterocycles. The first-order valence-electron chi connectivity index (χ1n) is 12.9. The van der Waals surface area contributed by atoms with Gasteiger partial charge in [0.1, 0.15) is 5.75 Å². The fourth-order valence-corrected chi connectivity index (χ4v) is 5.10. The Morgan fingerprint density at radius 3 is 2.02 bits per heavy atom. The van der Waals surface area contributed by atoms with Crippen molar-refractivity contribution in [1.29, 1.82) is 0 Å². The number of carbonyl (C=O) groups is 2. The standard InChI is InChI=1S/C32H28Cl2N2O4/c1-39-29-7-2-3-8-30(29)40-28-6-4-5-22(19-28)20-35-18-17-27(21-35)36(31(37)23-9-13-25(33)14-10-23)32(38)24-11-15-26(34)16-12-24/h2-16,19,27H,17-18,20-21H2,1H3. The number of para-hydroxylation sites is 2. The molecular formula is C32H28Cl2N2O4. The molecule has 1 aliphatic rings. The van der Waals surface area contributed by atoms with Gasteiger partial charge in [-0.15, -0.1) is 0 Å². The Kier molecular flexibility index (Phi) is 8.70. The van der Waals surface area contributed by atoms with Gasteiger partial charge in [-0.1, -0.05) is 47.5 Å². The third-order valence-electron chi connectivity index (χ3n) is 6.83. The summed E-state index contributed by atoms with van der Waals surface area (Å²) in [6.07, 6.45) is 0.663. The van der Waals surface area contributed by atoms with Crippen LogP contribution in [0.4, 0.5) is 0 Å². The minimum Gasteiger partial charge on any atom is -0.493 e. The molecule has 204 valence electrons. The van der Waals surface area contributed by atoms with Crippen LogP contribution in [0.25, 0.3) is 0 Å². The zero-order valence-electron chi connectivity index (χ0n) is 21.9. The van der Waals surface area contributed by atoms with E-state index in [-0.39, 0.29) is 17.9 Å². The SMILES string of the molecule is COc1ccccc1Oc1cccc(CN2CCC(N(C(=O)c3ccc(Cl)cc3)C(=O)c3ccc(Cl)cc3)C2)c1. The van der Waals surface area contributed by atoms with E-state index in [4.69, 9.17) is 32.7 Å². The molecular weight excluding hydrogens is 547 g/mol. The van der Waals surface area contributed by atoms with Crippen LogP contribution in [-0.4, -0.2) is 47.9 Å². The van der Waals surface area contributed by atoms with Crippen molar-refractivity contribution in [2.45, 2.75) is 19.0 Å². The van der Waals surface area contributed by atoms with Gasteiger partial charge in [0, 0.05) is 40.8 Å². The summed E-state index contributed by atoms with van der Waals surface area (Å²) in [5.74, 6) is 1.30.